The highest BCUT2D eigenvalue weighted by atomic mass is 16.5. The molecular formula is C23H30N6O. The zero-order chi connectivity index (χ0) is 20.8. The van der Waals surface area contributed by atoms with Crippen LogP contribution >= 0.6 is 0 Å². The first-order chi connectivity index (χ1) is 14.7. The molecule has 158 valence electrons. The van der Waals surface area contributed by atoms with Gasteiger partial charge in [-0.05, 0) is 56.4 Å². The van der Waals surface area contributed by atoms with Gasteiger partial charge in [0.1, 0.15) is 11.6 Å². The van der Waals surface area contributed by atoms with E-state index in [4.69, 9.17) is 9.73 Å². The lowest BCUT2D eigenvalue weighted by atomic mass is 10.1. The average Bonchev–Trinajstić information content (AvgIpc) is 3.50. The lowest BCUT2D eigenvalue weighted by molar-refractivity contribution is 0.296. The second-order valence-electron chi connectivity index (χ2n) is 7.78. The third-order valence-corrected chi connectivity index (χ3v) is 5.17. The number of nitrogens with zero attached hydrogens (tertiary/aromatic N) is 4. The smallest absolute Gasteiger partial charge is 0.191 e. The molecule has 2 heterocycles. The van der Waals surface area contributed by atoms with Gasteiger partial charge in [0.25, 0.3) is 0 Å². The molecule has 0 saturated heterocycles. The molecule has 7 nitrogen and oxygen atoms in total. The van der Waals surface area contributed by atoms with E-state index >= 15 is 0 Å². The lowest BCUT2D eigenvalue weighted by Gasteiger charge is -2.13. The van der Waals surface area contributed by atoms with Crippen LogP contribution in [-0.2, 0) is 13.0 Å². The van der Waals surface area contributed by atoms with Crippen molar-refractivity contribution in [3.63, 3.8) is 0 Å². The van der Waals surface area contributed by atoms with Gasteiger partial charge in [0.05, 0.1) is 13.2 Å². The van der Waals surface area contributed by atoms with Crippen molar-refractivity contribution in [2.45, 2.75) is 39.7 Å². The standard InChI is InChI=1S/C23H30N6O/c1-3-24-23(25-12-11-22-28-27-21-6-4-5-13-29(21)22)26-15-19-10-7-17(2)14-20(19)30-16-18-8-9-18/h4-7,10,13-14,18H,3,8-9,11-12,15-16H2,1-2H3,(H2,24,25,26). The van der Waals surface area contributed by atoms with Gasteiger partial charge in [-0.1, -0.05) is 18.2 Å². The molecule has 4 rings (SSSR count). The molecule has 0 amide bonds. The molecule has 3 aromatic rings. The summed E-state index contributed by atoms with van der Waals surface area (Å²) in [5.74, 6) is 3.41. The van der Waals surface area contributed by atoms with Gasteiger partial charge in [0.15, 0.2) is 11.6 Å². The molecule has 1 aliphatic rings. The number of fused-ring (bicyclic) bond motifs is 1. The van der Waals surface area contributed by atoms with Gasteiger partial charge < -0.3 is 15.4 Å². The lowest BCUT2D eigenvalue weighted by Crippen LogP contribution is -2.38. The normalized spacial score (nSPS) is 14.1. The van der Waals surface area contributed by atoms with E-state index in [1.165, 1.54) is 18.4 Å². The molecule has 1 aliphatic carbocycles. The van der Waals surface area contributed by atoms with Crippen LogP contribution < -0.4 is 15.4 Å². The Kier molecular flexibility index (Phi) is 6.47. The molecule has 0 aliphatic heterocycles. The van der Waals surface area contributed by atoms with Crippen LogP contribution in [0.4, 0.5) is 0 Å². The van der Waals surface area contributed by atoms with E-state index < -0.39 is 0 Å². The summed E-state index contributed by atoms with van der Waals surface area (Å²) >= 11 is 0. The predicted octanol–water partition coefficient (Wildman–Crippen LogP) is 3.12. The highest BCUT2D eigenvalue weighted by molar-refractivity contribution is 5.79. The topological polar surface area (TPSA) is 75.8 Å². The molecule has 1 aromatic carbocycles. The van der Waals surface area contributed by atoms with Gasteiger partial charge in [-0.15, -0.1) is 10.2 Å². The Balaban J connectivity index is 1.37. The summed E-state index contributed by atoms with van der Waals surface area (Å²) in [5, 5.41) is 15.2. The Hall–Kier alpha value is -3.09. The van der Waals surface area contributed by atoms with Crippen molar-refractivity contribution in [3.05, 3.63) is 59.5 Å². The molecule has 1 fully saturated rings. The summed E-state index contributed by atoms with van der Waals surface area (Å²) in [4.78, 5) is 4.77. The van der Waals surface area contributed by atoms with Gasteiger partial charge in [0.2, 0.25) is 0 Å². The van der Waals surface area contributed by atoms with E-state index in [0.29, 0.717) is 6.54 Å². The number of hydrogen-bond acceptors (Lipinski definition) is 4. The number of pyridine rings is 1. The van der Waals surface area contributed by atoms with Gasteiger partial charge in [-0.2, -0.15) is 0 Å². The Morgan fingerprint density at radius 1 is 1.20 bits per heavy atom. The minimum absolute atomic E-state index is 0.573. The third kappa shape index (κ3) is 5.28. The van der Waals surface area contributed by atoms with Crippen LogP contribution in [-0.4, -0.2) is 40.3 Å². The fourth-order valence-electron chi connectivity index (χ4n) is 3.28. The van der Waals surface area contributed by atoms with Gasteiger partial charge in [-0.3, -0.25) is 4.40 Å². The fourth-order valence-corrected chi connectivity index (χ4v) is 3.28. The minimum Gasteiger partial charge on any atom is -0.493 e. The minimum atomic E-state index is 0.573. The van der Waals surface area contributed by atoms with Crippen molar-refractivity contribution in [3.8, 4) is 5.75 Å². The third-order valence-electron chi connectivity index (χ3n) is 5.17. The summed E-state index contributed by atoms with van der Waals surface area (Å²) in [6, 6.07) is 12.3. The second-order valence-corrected chi connectivity index (χ2v) is 7.78. The molecule has 0 unspecified atom stereocenters. The number of rotatable bonds is 9. The molecule has 1 saturated carbocycles. The molecule has 2 N–H and O–H groups in total. The Bertz CT molecular complexity index is 1010. The Morgan fingerprint density at radius 2 is 2.10 bits per heavy atom. The van der Waals surface area contributed by atoms with Crippen molar-refractivity contribution < 1.29 is 4.74 Å². The van der Waals surface area contributed by atoms with Crippen LogP contribution in [0.1, 0.15) is 36.7 Å². The molecule has 0 radical (unpaired) electrons. The van der Waals surface area contributed by atoms with Crippen molar-refractivity contribution in [2.75, 3.05) is 19.7 Å². The quantitative estimate of drug-likeness (QED) is 0.422. The monoisotopic (exact) mass is 406 g/mol. The van der Waals surface area contributed by atoms with E-state index in [2.05, 4.69) is 52.9 Å². The van der Waals surface area contributed by atoms with Crippen molar-refractivity contribution in [2.24, 2.45) is 10.9 Å². The van der Waals surface area contributed by atoms with Crippen LogP contribution in [0.15, 0.2) is 47.6 Å². The van der Waals surface area contributed by atoms with E-state index in [1.807, 2.05) is 28.8 Å². The summed E-state index contributed by atoms with van der Waals surface area (Å²) in [6.07, 6.45) is 5.32. The largest absolute Gasteiger partial charge is 0.493 e. The highest BCUT2D eigenvalue weighted by Crippen LogP contribution is 2.30. The molecule has 30 heavy (non-hydrogen) atoms. The van der Waals surface area contributed by atoms with Crippen molar-refractivity contribution in [1.82, 2.24) is 25.2 Å². The maximum Gasteiger partial charge on any atom is 0.191 e. The van der Waals surface area contributed by atoms with Crippen LogP contribution in [0.3, 0.4) is 0 Å². The van der Waals surface area contributed by atoms with E-state index in [1.54, 1.807) is 0 Å². The fraction of sp³-hybridized carbons (Fsp3) is 0.435. The number of aryl methyl sites for hydroxylation is 1. The number of benzene rings is 1. The van der Waals surface area contributed by atoms with Crippen LogP contribution in [0.2, 0.25) is 0 Å². The maximum absolute atomic E-state index is 6.08. The summed E-state index contributed by atoms with van der Waals surface area (Å²) in [5.41, 5.74) is 3.19. The highest BCUT2D eigenvalue weighted by Gasteiger charge is 2.22. The van der Waals surface area contributed by atoms with E-state index in [0.717, 1.165) is 60.8 Å². The SMILES string of the molecule is CCNC(=NCc1ccc(C)cc1OCC1CC1)NCCc1nnc2ccccn12. The maximum atomic E-state index is 6.08. The molecule has 0 atom stereocenters. The van der Waals surface area contributed by atoms with Crippen LogP contribution in [0.25, 0.3) is 5.65 Å². The molecule has 0 bridgehead atoms. The summed E-state index contributed by atoms with van der Waals surface area (Å²) in [6.45, 7) is 7.07. The van der Waals surface area contributed by atoms with Crippen molar-refractivity contribution in [1.29, 1.82) is 0 Å². The van der Waals surface area contributed by atoms with E-state index in [9.17, 15) is 0 Å². The van der Waals surface area contributed by atoms with Crippen LogP contribution in [0, 0.1) is 12.8 Å². The van der Waals surface area contributed by atoms with Crippen LogP contribution in [0.5, 0.6) is 5.75 Å². The number of ether oxygens (including phenoxy) is 1. The van der Waals surface area contributed by atoms with Gasteiger partial charge >= 0.3 is 0 Å². The van der Waals surface area contributed by atoms with Gasteiger partial charge in [-0.25, -0.2) is 4.99 Å². The Morgan fingerprint density at radius 3 is 2.93 bits per heavy atom. The molecular weight excluding hydrogens is 376 g/mol. The molecule has 0 spiro atoms. The predicted molar refractivity (Wildman–Crippen MR) is 119 cm³/mol. The average molecular weight is 407 g/mol. The summed E-state index contributed by atoms with van der Waals surface area (Å²) in [7, 11) is 0. The number of aliphatic imine (C=N–C) groups is 1. The number of aromatic nitrogens is 3. The molecule has 7 heteroatoms. The first-order valence-corrected chi connectivity index (χ1v) is 10.8. The van der Waals surface area contributed by atoms with Gasteiger partial charge in [0, 0.05) is 31.3 Å². The number of hydrogen-bond donors (Lipinski definition) is 2. The molecule has 2 aromatic heterocycles. The summed E-state index contributed by atoms with van der Waals surface area (Å²) < 4.78 is 8.09. The second kappa shape index (κ2) is 9.61. The number of nitrogens with one attached hydrogen (secondary N) is 2. The zero-order valence-corrected chi connectivity index (χ0v) is 17.8. The van der Waals surface area contributed by atoms with E-state index in [-0.39, 0.29) is 0 Å². The Labute approximate surface area is 177 Å². The zero-order valence-electron chi connectivity index (χ0n) is 17.8. The number of guanidine groups is 1. The van der Waals surface area contributed by atoms with Crippen molar-refractivity contribution >= 4 is 11.6 Å². The first kappa shape index (κ1) is 20.2. The first-order valence-electron chi connectivity index (χ1n) is 10.8.